The van der Waals surface area contributed by atoms with E-state index >= 15 is 0 Å². The lowest BCUT2D eigenvalue weighted by Gasteiger charge is -2.27. The highest BCUT2D eigenvalue weighted by Gasteiger charge is 2.47. The Kier molecular flexibility index (Phi) is 7.29. The standard InChI is InChI=1S/C29H27NO7/c1-5-37-29(34)18-10-8-11-19(15-18)30-25(21-12-7-6-9-17(21)2)24(27(32)28(30)33)26(31)22-14-13-20(35-3)16-23(22)36-4/h6-16,25,31H,5H2,1-4H3/b26-24+. The summed E-state index contributed by atoms with van der Waals surface area (Å²) in [7, 11) is 2.94. The molecule has 1 unspecified atom stereocenters. The van der Waals surface area contributed by atoms with E-state index in [0.29, 0.717) is 17.0 Å². The quantitative estimate of drug-likeness (QED) is 0.214. The van der Waals surface area contributed by atoms with Gasteiger partial charge in [-0.3, -0.25) is 14.5 Å². The number of aliphatic hydroxyl groups excluding tert-OH is 1. The highest BCUT2D eigenvalue weighted by Crippen LogP contribution is 2.44. The van der Waals surface area contributed by atoms with Crippen molar-refractivity contribution < 1.29 is 33.7 Å². The van der Waals surface area contributed by atoms with Gasteiger partial charge in [0.2, 0.25) is 0 Å². The number of aliphatic hydroxyl groups is 1. The molecule has 0 aliphatic carbocycles. The molecule has 1 fully saturated rings. The molecule has 0 radical (unpaired) electrons. The minimum Gasteiger partial charge on any atom is -0.507 e. The number of esters is 1. The van der Waals surface area contributed by atoms with E-state index in [2.05, 4.69) is 0 Å². The Morgan fingerprint density at radius 2 is 1.73 bits per heavy atom. The Morgan fingerprint density at radius 1 is 0.973 bits per heavy atom. The maximum absolute atomic E-state index is 13.5. The Hall–Kier alpha value is -4.59. The highest BCUT2D eigenvalue weighted by molar-refractivity contribution is 6.51. The Balaban J connectivity index is 1.95. The lowest BCUT2D eigenvalue weighted by Crippen LogP contribution is -2.30. The van der Waals surface area contributed by atoms with Gasteiger partial charge in [0.15, 0.2) is 0 Å². The zero-order valence-corrected chi connectivity index (χ0v) is 21.0. The Morgan fingerprint density at radius 3 is 2.41 bits per heavy atom. The lowest BCUT2D eigenvalue weighted by molar-refractivity contribution is -0.132. The molecule has 0 saturated carbocycles. The number of nitrogens with zero attached hydrogens (tertiary/aromatic N) is 1. The summed E-state index contributed by atoms with van der Waals surface area (Å²) in [4.78, 5) is 40.6. The maximum Gasteiger partial charge on any atom is 0.338 e. The van der Waals surface area contributed by atoms with Crippen LogP contribution >= 0.6 is 0 Å². The number of carbonyl (C=O) groups excluding carboxylic acids is 3. The lowest BCUT2D eigenvalue weighted by atomic mass is 9.92. The first-order valence-corrected chi connectivity index (χ1v) is 11.7. The van der Waals surface area contributed by atoms with Gasteiger partial charge < -0.3 is 19.3 Å². The van der Waals surface area contributed by atoms with E-state index in [4.69, 9.17) is 14.2 Å². The van der Waals surface area contributed by atoms with Gasteiger partial charge in [0.05, 0.1) is 43.6 Å². The number of methoxy groups -OCH3 is 2. The van der Waals surface area contributed by atoms with Crippen LogP contribution in [0, 0.1) is 6.92 Å². The van der Waals surface area contributed by atoms with Crippen molar-refractivity contribution in [2.75, 3.05) is 25.7 Å². The predicted molar refractivity (Wildman–Crippen MR) is 138 cm³/mol. The summed E-state index contributed by atoms with van der Waals surface area (Å²) >= 11 is 0. The molecule has 1 N–H and O–H groups in total. The van der Waals surface area contributed by atoms with Crippen molar-refractivity contribution in [2.45, 2.75) is 19.9 Å². The summed E-state index contributed by atoms with van der Waals surface area (Å²) in [6.07, 6.45) is 0. The van der Waals surface area contributed by atoms with Gasteiger partial charge in [-0.1, -0.05) is 30.3 Å². The second kappa shape index (κ2) is 10.6. The summed E-state index contributed by atoms with van der Waals surface area (Å²) in [6.45, 7) is 3.75. The predicted octanol–water partition coefficient (Wildman–Crippen LogP) is 4.82. The minimum absolute atomic E-state index is 0.0932. The van der Waals surface area contributed by atoms with Gasteiger partial charge in [-0.2, -0.15) is 0 Å². The van der Waals surface area contributed by atoms with E-state index in [1.807, 2.05) is 19.1 Å². The van der Waals surface area contributed by atoms with Gasteiger partial charge >= 0.3 is 5.97 Å². The first kappa shape index (κ1) is 25.5. The first-order chi connectivity index (χ1) is 17.8. The molecule has 0 aromatic heterocycles. The number of rotatable bonds is 7. The molecule has 1 atom stereocenters. The van der Waals surface area contributed by atoms with Crippen molar-refractivity contribution in [1.82, 2.24) is 0 Å². The SMILES string of the molecule is CCOC(=O)c1cccc(N2C(=O)C(=O)/C(=C(/O)c3ccc(OC)cc3OC)C2c2ccccc2C)c1. The average molecular weight is 502 g/mol. The van der Waals surface area contributed by atoms with Crippen molar-refractivity contribution >= 4 is 29.1 Å². The van der Waals surface area contributed by atoms with Crippen LogP contribution in [0.5, 0.6) is 11.5 Å². The minimum atomic E-state index is -0.953. The van der Waals surface area contributed by atoms with E-state index in [1.165, 1.54) is 25.2 Å². The highest BCUT2D eigenvalue weighted by atomic mass is 16.5. The van der Waals surface area contributed by atoms with Crippen LogP contribution in [0.1, 0.15) is 40.0 Å². The van der Waals surface area contributed by atoms with Crippen LogP contribution in [0.15, 0.2) is 72.3 Å². The number of ketones is 1. The number of carbonyl (C=O) groups is 3. The van der Waals surface area contributed by atoms with Gasteiger partial charge in [0.25, 0.3) is 11.7 Å². The number of anilines is 1. The topological polar surface area (TPSA) is 102 Å². The smallest absolute Gasteiger partial charge is 0.338 e. The van der Waals surface area contributed by atoms with Crippen LogP contribution in [0.3, 0.4) is 0 Å². The molecule has 1 heterocycles. The third-order valence-corrected chi connectivity index (χ3v) is 6.23. The van der Waals surface area contributed by atoms with Gasteiger partial charge in [-0.25, -0.2) is 4.79 Å². The van der Waals surface area contributed by atoms with E-state index < -0.39 is 23.7 Å². The number of hydrogen-bond acceptors (Lipinski definition) is 7. The summed E-state index contributed by atoms with van der Waals surface area (Å²) in [5, 5.41) is 11.5. The molecule has 8 nitrogen and oxygen atoms in total. The molecule has 0 spiro atoms. The number of hydrogen-bond donors (Lipinski definition) is 1. The molecule has 3 aromatic rings. The molecule has 0 bridgehead atoms. The molecule has 8 heteroatoms. The van der Waals surface area contributed by atoms with Crippen LogP contribution in [0.25, 0.3) is 5.76 Å². The largest absolute Gasteiger partial charge is 0.507 e. The van der Waals surface area contributed by atoms with E-state index in [0.717, 1.165) is 5.56 Å². The summed E-state index contributed by atoms with van der Waals surface area (Å²) in [6, 6.07) is 17.4. The molecule has 4 rings (SSSR count). The molecule has 3 aromatic carbocycles. The molecule has 190 valence electrons. The molecule has 37 heavy (non-hydrogen) atoms. The number of Topliss-reactive ketones (excluding diaryl/α,β-unsaturated/α-hetero) is 1. The third-order valence-electron chi connectivity index (χ3n) is 6.23. The summed E-state index contributed by atoms with van der Waals surface area (Å²) < 4.78 is 15.8. The normalized spacial score (nSPS) is 16.5. The zero-order valence-electron chi connectivity index (χ0n) is 21.0. The van der Waals surface area contributed by atoms with Crippen molar-refractivity contribution in [3.05, 3.63) is 94.6 Å². The van der Waals surface area contributed by atoms with Crippen molar-refractivity contribution in [1.29, 1.82) is 0 Å². The van der Waals surface area contributed by atoms with Gasteiger partial charge in [-0.15, -0.1) is 0 Å². The van der Waals surface area contributed by atoms with Crippen LogP contribution in [0.2, 0.25) is 0 Å². The fourth-order valence-corrected chi connectivity index (χ4v) is 4.42. The molecule has 1 amide bonds. The fraction of sp³-hybridized carbons (Fsp3) is 0.207. The first-order valence-electron chi connectivity index (χ1n) is 11.7. The number of amides is 1. The second-order valence-corrected chi connectivity index (χ2v) is 8.36. The monoisotopic (exact) mass is 501 g/mol. The maximum atomic E-state index is 13.5. The molecule has 1 saturated heterocycles. The molecular weight excluding hydrogens is 474 g/mol. The van der Waals surface area contributed by atoms with Gasteiger partial charge in [0.1, 0.15) is 17.3 Å². The van der Waals surface area contributed by atoms with Crippen LogP contribution in [0.4, 0.5) is 5.69 Å². The number of ether oxygens (including phenoxy) is 3. The van der Waals surface area contributed by atoms with Crippen LogP contribution in [-0.2, 0) is 14.3 Å². The number of benzene rings is 3. The van der Waals surface area contributed by atoms with E-state index in [9.17, 15) is 19.5 Å². The summed E-state index contributed by atoms with van der Waals surface area (Å²) in [5.74, 6) is -1.84. The average Bonchev–Trinajstić information content (AvgIpc) is 3.18. The van der Waals surface area contributed by atoms with E-state index in [-0.39, 0.29) is 34.8 Å². The molecule has 1 aliphatic rings. The van der Waals surface area contributed by atoms with E-state index in [1.54, 1.807) is 55.5 Å². The zero-order chi connectivity index (χ0) is 26.7. The number of aryl methyl sites for hydroxylation is 1. The fourth-order valence-electron chi connectivity index (χ4n) is 4.42. The third kappa shape index (κ3) is 4.65. The Bertz CT molecular complexity index is 1410. The molecule has 1 aliphatic heterocycles. The van der Waals surface area contributed by atoms with Crippen molar-refractivity contribution in [2.24, 2.45) is 0 Å². The van der Waals surface area contributed by atoms with Crippen LogP contribution < -0.4 is 14.4 Å². The van der Waals surface area contributed by atoms with Crippen LogP contribution in [-0.4, -0.2) is 43.6 Å². The van der Waals surface area contributed by atoms with Crippen molar-refractivity contribution in [3.8, 4) is 11.5 Å². The Labute approximate surface area is 214 Å². The van der Waals surface area contributed by atoms with Gasteiger partial charge in [-0.05, 0) is 55.3 Å². The molecular formula is C29H27NO7. The van der Waals surface area contributed by atoms with Crippen molar-refractivity contribution in [3.63, 3.8) is 0 Å². The summed E-state index contributed by atoms with van der Waals surface area (Å²) in [5.41, 5.74) is 2.17. The van der Waals surface area contributed by atoms with Gasteiger partial charge in [0, 0.05) is 11.8 Å². The second-order valence-electron chi connectivity index (χ2n) is 8.36.